The zero-order valence-corrected chi connectivity index (χ0v) is 14.1. The van der Waals surface area contributed by atoms with E-state index in [-0.39, 0.29) is 9.92 Å². The van der Waals surface area contributed by atoms with Crippen LogP contribution in [0.4, 0.5) is 10.0 Å². The molecule has 1 fully saturated rings. The van der Waals surface area contributed by atoms with Gasteiger partial charge in [0.1, 0.15) is 10.8 Å². The van der Waals surface area contributed by atoms with Gasteiger partial charge in [-0.25, -0.2) is 0 Å². The molecule has 1 saturated heterocycles. The molecule has 0 spiro atoms. The molecule has 3 aromatic heterocycles. The second-order valence-corrected chi connectivity index (χ2v) is 7.09. The third-order valence-electron chi connectivity index (χ3n) is 4.55. The number of aryl methyl sites for hydroxylation is 1. The summed E-state index contributed by atoms with van der Waals surface area (Å²) in [5, 5.41) is 20.8. The summed E-state index contributed by atoms with van der Waals surface area (Å²) < 4.78 is 2.06. The second-order valence-electron chi connectivity index (χ2n) is 6.08. The Balaban J connectivity index is 1.52. The first-order valence-electron chi connectivity index (χ1n) is 7.93. The van der Waals surface area contributed by atoms with Gasteiger partial charge in [0.05, 0.1) is 4.92 Å². The minimum Gasteiger partial charge on any atom is -0.363 e. The molecule has 0 saturated carbocycles. The van der Waals surface area contributed by atoms with Crippen molar-refractivity contribution in [3.63, 3.8) is 0 Å². The number of aromatic nitrogens is 3. The predicted molar refractivity (Wildman–Crippen MR) is 92.9 cm³/mol. The van der Waals surface area contributed by atoms with Crippen LogP contribution in [-0.4, -0.2) is 32.6 Å². The molecule has 3 aromatic rings. The largest absolute Gasteiger partial charge is 0.363 e. The summed E-state index contributed by atoms with van der Waals surface area (Å²) in [5.41, 5.74) is 1.86. The van der Waals surface area contributed by atoms with Crippen LogP contribution in [0.5, 0.6) is 0 Å². The molecule has 1 aliphatic heterocycles. The molecule has 0 atom stereocenters. The van der Waals surface area contributed by atoms with Gasteiger partial charge in [0.25, 0.3) is 0 Å². The van der Waals surface area contributed by atoms with E-state index in [9.17, 15) is 10.1 Å². The summed E-state index contributed by atoms with van der Waals surface area (Å²) in [4.78, 5) is 12.9. The molecule has 0 N–H and O–H groups in total. The Morgan fingerprint density at radius 1 is 1.29 bits per heavy atom. The van der Waals surface area contributed by atoms with E-state index in [4.69, 9.17) is 0 Å². The van der Waals surface area contributed by atoms with Crippen molar-refractivity contribution in [2.45, 2.75) is 25.7 Å². The van der Waals surface area contributed by atoms with Gasteiger partial charge in [0.2, 0.25) is 0 Å². The number of hydrogen-bond acceptors (Lipinski definition) is 6. The highest BCUT2D eigenvalue weighted by molar-refractivity contribution is 7.19. The number of rotatable bonds is 3. The highest BCUT2D eigenvalue weighted by Gasteiger charge is 2.27. The van der Waals surface area contributed by atoms with E-state index in [1.54, 1.807) is 6.07 Å². The molecular weight excluding hydrogens is 326 g/mol. The molecule has 0 amide bonds. The van der Waals surface area contributed by atoms with E-state index in [0.29, 0.717) is 5.92 Å². The van der Waals surface area contributed by atoms with Crippen molar-refractivity contribution in [2.75, 3.05) is 18.0 Å². The first kappa shape index (κ1) is 15.1. The Kier molecular flexibility index (Phi) is 3.68. The summed E-state index contributed by atoms with van der Waals surface area (Å²) in [7, 11) is 0. The van der Waals surface area contributed by atoms with Crippen molar-refractivity contribution in [2.24, 2.45) is 0 Å². The van der Waals surface area contributed by atoms with Crippen molar-refractivity contribution in [1.82, 2.24) is 14.6 Å². The predicted octanol–water partition coefficient (Wildman–Crippen LogP) is 3.39. The second kappa shape index (κ2) is 5.86. The third-order valence-corrected chi connectivity index (χ3v) is 5.80. The maximum atomic E-state index is 11.0. The monoisotopic (exact) mass is 343 g/mol. The van der Waals surface area contributed by atoms with Gasteiger partial charge in [0, 0.05) is 31.3 Å². The minimum absolute atomic E-state index is 0.216. The summed E-state index contributed by atoms with van der Waals surface area (Å²) in [6.45, 7) is 3.70. The lowest BCUT2D eigenvalue weighted by molar-refractivity contribution is -0.380. The number of thiophene rings is 1. The van der Waals surface area contributed by atoms with Gasteiger partial charge in [0.15, 0.2) is 5.65 Å². The van der Waals surface area contributed by atoms with Crippen molar-refractivity contribution in [1.29, 1.82) is 0 Å². The Bertz CT molecular complexity index is 895. The van der Waals surface area contributed by atoms with Gasteiger partial charge in [-0.05, 0) is 48.8 Å². The van der Waals surface area contributed by atoms with Crippen molar-refractivity contribution in [3.05, 3.63) is 52.0 Å². The van der Waals surface area contributed by atoms with Gasteiger partial charge >= 0.3 is 5.00 Å². The zero-order chi connectivity index (χ0) is 16.7. The molecule has 0 radical (unpaired) electrons. The lowest BCUT2D eigenvalue weighted by Gasteiger charge is -2.32. The van der Waals surface area contributed by atoms with E-state index in [2.05, 4.69) is 19.5 Å². The first-order chi connectivity index (χ1) is 11.6. The quantitative estimate of drug-likeness (QED) is 0.538. The molecule has 124 valence electrons. The molecule has 4 heterocycles. The highest BCUT2D eigenvalue weighted by Crippen LogP contribution is 2.38. The Labute approximate surface area is 142 Å². The van der Waals surface area contributed by atoms with E-state index in [1.165, 1.54) is 11.3 Å². The van der Waals surface area contributed by atoms with E-state index in [0.717, 1.165) is 48.0 Å². The molecule has 0 unspecified atom stereocenters. The van der Waals surface area contributed by atoms with E-state index in [1.807, 2.05) is 31.3 Å². The normalized spacial score (nSPS) is 16.0. The number of piperidine rings is 1. The van der Waals surface area contributed by atoms with E-state index < -0.39 is 0 Å². The molecule has 0 bridgehead atoms. The number of hydrogen-bond donors (Lipinski definition) is 0. The molecule has 7 nitrogen and oxygen atoms in total. The van der Waals surface area contributed by atoms with Gasteiger partial charge in [-0.3, -0.25) is 14.5 Å². The third kappa shape index (κ3) is 2.52. The fourth-order valence-electron chi connectivity index (χ4n) is 3.34. The van der Waals surface area contributed by atoms with Gasteiger partial charge in [-0.15, -0.1) is 10.2 Å². The summed E-state index contributed by atoms with van der Waals surface area (Å²) in [6.07, 6.45) is 3.95. The number of pyridine rings is 1. The van der Waals surface area contributed by atoms with Crippen LogP contribution in [0.2, 0.25) is 0 Å². The lowest BCUT2D eigenvalue weighted by atomic mass is 9.96. The molecule has 24 heavy (non-hydrogen) atoms. The van der Waals surface area contributed by atoms with E-state index >= 15 is 0 Å². The van der Waals surface area contributed by atoms with Crippen LogP contribution in [0, 0.1) is 17.0 Å². The Morgan fingerprint density at radius 3 is 2.79 bits per heavy atom. The number of nitro groups is 1. The first-order valence-corrected chi connectivity index (χ1v) is 8.74. The molecule has 0 aromatic carbocycles. The fraction of sp³-hybridized carbons (Fsp3) is 0.375. The number of anilines is 1. The molecule has 4 rings (SSSR count). The molecule has 8 heteroatoms. The Hall–Kier alpha value is -2.48. The van der Waals surface area contributed by atoms with Crippen molar-refractivity contribution < 1.29 is 4.92 Å². The Morgan fingerprint density at radius 2 is 2.08 bits per heavy atom. The number of fused-ring (bicyclic) bond motifs is 1. The van der Waals surface area contributed by atoms with Crippen molar-refractivity contribution >= 4 is 27.0 Å². The minimum atomic E-state index is -0.309. The summed E-state index contributed by atoms with van der Waals surface area (Å²) in [5.74, 6) is 1.38. The number of nitrogens with zero attached hydrogens (tertiary/aromatic N) is 5. The topological polar surface area (TPSA) is 76.6 Å². The smallest absolute Gasteiger partial charge is 0.326 e. The van der Waals surface area contributed by atoms with Crippen molar-refractivity contribution in [3.8, 4) is 0 Å². The molecule has 1 aliphatic rings. The summed E-state index contributed by atoms with van der Waals surface area (Å²) >= 11 is 1.27. The van der Waals surface area contributed by atoms with Crippen LogP contribution < -0.4 is 4.90 Å². The van der Waals surface area contributed by atoms with Gasteiger partial charge in [-0.2, -0.15) is 0 Å². The van der Waals surface area contributed by atoms with Crippen LogP contribution in [0.1, 0.15) is 30.1 Å². The molecule has 0 aliphatic carbocycles. The van der Waals surface area contributed by atoms with Crippen LogP contribution in [0.15, 0.2) is 30.5 Å². The molecular formula is C16H17N5O2S. The van der Waals surface area contributed by atoms with Crippen LogP contribution in [-0.2, 0) is 0 Å². The van der Waals surface area contributed by atoms with Gasteiger partial charge < -0.3 is 4.90 Å². The maximum absolute atomic E-state index is 11.0. The van der Waals surface area contributed by atoms with Crippen LogP contribution in [0.3, 0.4) is 0 Å². The van der Waals surface area contributed by atoms with Gasteiger partial charge in [-0.1, -0.05) is 6.07 Å². The van der Waals surface area contributed by atoms with Crippen LogP contribution in [0.25, 0.3) is 5.65 Å². The summed E-state index contributed by atoms with van der Waals surface area (Å²) in [6, 6.07) is 7.57. The zero-order valence-electron chi connectivity index (χ0n) is 13.3. The lowest BCUT2D eigenvalue weighted by Crippen LogP contribution is -2.33. The SMILES string of the molecule is Cc1cc([N+](=O)[O-])sc1N1CCC(c2nnc3ccccn23)CC1. The average Bonchev–Trinajstić information content (AvgIpc) is 3.19. The van der Waals surface area contributed by atoms with Crippen LogP contribution >= 0.6 is 11.3 Å². The highest BCUT2D eigenvalue weighted by atomic mass is 32.1. The maximum Gasteiger partial charge on any atom is 0.326 e. The standard InChI is InChI=1S/C16H17N5O2S/c1-11-10-14(21(22)23)24-16(11)19-8-5-12(6-9-19)15-18-17-13-4-2-3-7-20(13)15/h2-4,7,10,12H,5-6,8-9H2,1H3. The average molecular weight is 343 g/mol. The fourth-order valence-corrected chi connectivity index (χ4v) is 4.38.